The predicted molar refractivity (Wildman–Crippen MR) is 33.4 cm³/mol. The first-order valence-electron chi connectivity index (χ1n) is 3.49. The van der Waals surface area contributed by atoms with Gasteiger partial charge in [0.1, 0.15) is 0 Å². The number of hydrogen-bond acceptors (Lipinski definition) is 2. The van der Waals surface area contributed by atoms with Crippen molar-refractivity contribution in [1.82, 2.24) is 4.90 Å². The van der Waals surface area contributed by atoms with Gasteiger partial charge in [-0.15, -0.1) is 0 Å². The molecule has 48 valence electrons. The summed E-state index contributed by atoms with van der Waals surface area (Å²) in [6.45, 7) is 3.18. The van der Waals surface area contributed by atoms with Crippen molar-refractivity contribution >= 4 is 0 Å². The predicted octanol–water partition coefficient (Wildman–Crippen LogP) is 0.808. The molecule has 1 aliphatic carbocycles. The highest BCUT2D eigenvalue weighted by Gasteiger charge is 2.50. The average molecular weight is 122 g/mol. The van der Waals surface area contributed by atoms with Gasteiger partial charge in [-0.25, -0.2) is 0 Å². The van der Waals surface area contributed by atoms with Crippen LogP contribution in [0.25, 0.3) is 0 Å². The lowest BCUT2D eigenvalue weighted by atomic mass is 10.2. The van der Waals surface area contributed by atoms with Crippen LogP contribution in [0.2, 0.25) is 0 Å². The second kappa shape index (κ2) is 1.41. The zero-order chi connectivity index (χ0) is 6.43. The Morgan fingerprint density at radius 1 is 1.67 bits per heavy atom. The average Bonchev–Trinajstić information content (AvgIpc) is 2.55. The molecule has 2 aliphatic rings. The van der Waals surface area contributed by atoms with Crippen LogP contribution >= 0.6 is 0 Å². The van der Waals surface area contributed by atoms with Gasteiger partial charge in [0.25, 0.3) is 0 Å². The van der Waals surface area contributed by atoms with Crippen molar-refractivity contribution in [2.45, 2.75) is 19.4 Å². The Labute approximate surface area is 55.1 Å². The van der Waals surface area contributed by atoms with E-state index < -0.39 is 0 Å². The van der Waals surface area contributed by atoms with Crippen LogP contribution in [0.4, 0.5) is 0 Å². The summed E-state index contributed by atoms with van der Waals surface area (Å²) in [4.78, 5) is 1.90. The van der Waals surface area contributed by atoms with Crippen LogP contribution in [0, 0.1) is 23.3 Å². The molecule has 0 aromatic rings. The van der Waals surface area contributed by atoms with E-state index in [2.05, 4.69) is 13.1 Å². The number of rotatable bonds is 0. The summed E-state index contributed by atoms with van der Waals surface area (Å²) in [6.07, 6.45) is 3.58. The third-order valence-electron chi connectivity index (χ3n) is 2.65. The van der Waals surface area contributed by atoms with Crippen molar-refractivity contribution in [2.24, 2.45) is 11.8 Å². The SMILES string of the molecule is CC1C2CC2CN1C#N. The minimum Gasteiger partial charge on any atom is -0.307 e. The summed E-state index contributed by atoms with van der Waals surface area (Å²) in [5.74, 6) is 1.74. The van der Waals surface area contributed by atoms with Crippen LogP contribution in [0.3, 0.4) is 0 Å². The van der Waals surface area contributed by atoms with Crippen molar-refractivity contribution in [3.05, 3.63) is 0 Å². The molecule has 0 spiro atoms. The van der Waals surface area contributed by atoms with Crippen molar-refractivity contribution in [1.29, 1.82) is 5.26 Å². The molecule has 2 heteroatoms. The summed E-state index contributed by atoms with van der Waals surface area (Å²) < 4.78 is 0. The molecule has 2 rings (SSSR count). The number of nitrogens with zero attached hydrogens (tertiary/aromatic N) is 2. The molecule has 1 saturated heterocycles. The van der Waals surface area contributed by atoms with Crippen molar-refractivity contribution < 1.29 is 0 Å². The summed E-state index contributed by atoms with van der Waals surface area (Å²) in [6, 6.07) is 0.542. The Kier molecular flexibility index (Phi) is 0.801. The second-order valence-electron chi connectivity index (χ2n) is 3.15. The number of hydrogen-bond donors (Lipinski definition) is 0. The van der Waals surface area contributed by atoms with Crippen LogP contribution in [0.15, 0.2) is 0 Å². The molecular weight excluding hydrogens is 112 g/mol. The molecule has 0 aromatic carbocycles. The summed E-state index contributed by atoms with van der Waals surface area (Å²) in [5, 5.41) is 8.55. The van der Waals surface area contributed by atoms with E-state index in [1.54, 1.807) is 0 Å². The Morgan fingerprint density at radius 2 is 2.44 bits per heavy atom. The van der Waals surface area contributed by atoms with Gasteiger partial charge in [-0.05, 0) is 25.2 Å². The lowest BCUT2D eigenvalue weighted by molar-refractivity contribution is 0.338. The van der Waals surface area contributed by atoms with E-state index >= 15 is 0 Å². The number of nitriles is 1. The highest BCUT2D eigenvalue weighted by molar-refractivity contribution is 5.05. The zero-order valence-electron chi connectivity index (χ0n) is 5.54. The molecule has 1 saturated carbocycles. The molecule has 0 bridgehead atoms. The maximum absolute atomic E-state index is 8.55. The lowest BCUT2D eigenvalue weighted by Crippen LogP contribution is -2.25. The first kappa shape index (κ1) is 5.10. The Morgan fingerprint density at radius 3 is 2.78 bits per heavy atom. The molecule has 3 atom stereocenters. The van der Waals surface area contributed by atoms with E-state index in [1.807, 2.05) is 4.90 Å². The maximum atomic E-state index is 8.55. The molecule has 2 fully saturated rings. The van der Waals surface area contributed by atoms with E-state index in [4.69, 9.17) is 5.26 Å². The molecule has 0 N–H and O–H groups in total. The summed E-state index contributed by atoms with van der Waals surface area (Å²) in [5.41, 5.74) is 0. The van der Waals surface area contributed by atoms with Crippen molar-refractivity contribution in [3.8, 4) is 6.19 Å². The van der Waals surface area contributed by atoms with Gasteiger partial charge in [0.05, 0.1) is 0 Å². The lowest BCUT2D eigenvalue weighted by Gasteiger charge is -2.15. The summed E-state index contributed by atoms with van der Waals surface area (Å²) in [7, 11) is 0. The Hall–Kier alpha value is -0.710. The van der Waals surface area contributed by atoms with Crippen LogP contribution < -0.4 is 0 Å². The zero-order valence-corrected chi connectivity index (χ0v) is 5.54. The van der Waals surface area contributed by atoms with Gasteiger partial charge in [0.15, 0.2) is 6.19 Å². The first-order chi connectivity index (χ1) is 4.33. The fraction of sp³-hybridized carbons (Fsp3) is 0.857. The third kappa shape index (κ3) is 0.548. The molecule has 0 radical (unpaired) electrons. The normalized spacial score (nSPS) is 46.2. The highest BCUT2D eigenvalue weighted by atomic mass is 15.2. The molecule has 1 aliphatic heterocycles. The quantitative estimate of drug-likeness (QED) is 0.444. The first-order valence-corrected chi connectivity index (χ1v) is 3.49. The molecule has 0 aromatic heterocycles. The van der Waals surface area contributed by atoms with Crippen molar-refractivity contribution in [3.63, 3.8) is 0 Å². The molecular formula is C7H10N2. The standard InChI is InChI=1S/C7H10N2/c1-5-7-2-6(7)3-9(5)4-8/h5-7H,2-3H2,1H3. The van der Waals surface area contributed by atoms with Gasteiger partial charge in [-0.3, -0.25) is 0 Å². The maximum Gasteiger partial charge on any atom is 0.179 e. The van der Waals surface area contributed by atoms with E-state index in [0.717, 1.165) is 18.4 Å². The van der Waals surface area contributed by atoms with E-state index in [0.29, 0.717) is 6.04 Å². The fourth-order valence-corrected chi connectivity index (χ4v) is 1.85. The van der Waals surface area contributed by atoms with Crippen LogP contribution in [0.5, 0.6) is 0 Å². The Balaban J connectivity index is 2.10. The van der Waals surface area contributed by atoms with Gasteiger partial charge in [0.2, 0.25) is 0 Å². The van der Waals surface area contributed by atoms with Gasteiger partial charge in [-0.2, -0.15) is 5.26 Å². The number of likely N-dealkylation sites (tertiary alicyclic amines) is 1. The topological polar surface area (TPSA) is 27.0 Å². The highest BCUT2D eigenvalue weighted by Crippen LogP contribution is 2.48. The minimum absolute atomic E-state index is 0.542. The third-order valence-corrected chi connectivity index (χ3v) is 2.65. The van der Waals surface area contributed by atoms with Gasteiger partial charge < -0.3 is 4.90 Å². The van der Waals surface area contributed by atoms with Crippen LogP contribution in [0.1, 0.15) is 13.3 Å². The largest absolute Gasteiger partial charge is 0.307 e. The van der Waals surface area contributed by atoms with Crippen molar-refractivity contribution in [2.75, 3.05) is 6.54 Å². The van der Waals surface area contributed by atoms with E-state index in [1.165, 1.54) is 6.42 Å². The molecule has 2 nitrogen and oxygen atoms in total. The van der Waals surface area contributed by atoms with Crippen LogP contribution in [-0.4, -0.2) is 17.5 Å². The summed E-state index contributed by atoms with van der Waals surface area (Å²) >= 11 is 0. The molecule has 9 heavy (non-hydrogen) atoms. The second-order valence-corrected chi connectivity index (χ2v) is 3.15. The van der Waals surface area contributed by atoms with E-state index in [9.17, 15) is 0 Å². The number of fused-ring (bicyclic) bond motifs is 1. The van der Waals surface area contributed by atoms with Crippen LogP contribution in [-0.2, 0) is 0 Å². The van der Waals surface area contributed by atoms with E-state index in [-0.39, 0.29) is 0 Å². The molecule has 3 unspecified atom stereocenters. The fourth-order valence-electron chi connectivity index (χ4n) is 1.85. The minimum atomic E-state index is 0.542. The number of piperidine rings is 1. The van der Waals surface area contributed by atoms with Gasteiger partial charge in [0, 0.05) is 12.6 Å². The smallest absolute Gasteiger partial charge is 0.179 e. The molecule has 0 amide bonds. The van der Waals surface area contributed by atoms with Gasteiger partial charge >= 0.3 is 0 Å². The Bertz CT molecular complexity index is 170. The monoisotopic (exact) mass is 122 g/mol. The molecule has 1 heterocycles. The van der Waals surface area contributed by atoms with Gasteiger partial charge in [-0.1, -0.05) is 0 Å².